The fourth-order valence-electron chi connectivity index (χ4n) is 2.63. The predicted octanol–water partition coefficient (Wildman–Crippen LogP) is 4.24. The van der Waals surface area contributed by atoms with Gasteiger partial charge >= 0.3 is 0 Å². The third-order valence-electron chi connectivity index (χ3n) is 4.14. The van der Waals surface area contributed by atoms with Crippen LogP contribution in [0.2, 0.25) is 0 Å². The van der Waals surface area contributed by atoms with Gasteiger partial charge in [0.25, 0.3) is 0 Å². The van der Waals surface area contributed by atoms with Crippen LogP contribution in [-0.4, -0.2) is 25.7 Å². The van der Waals surface area contributed by atoms with Crippen molar-refractivity contribution >= 4 is 27.9 Å². The second kappa shape index (κ2) is 7.74. The van der Waals surface area contributed by atoms with Gasteiger partial charge in [-0.3, -0.25) is 4.79 Å². The van der Waals surface area contributed by atoms with Gasteiger partial charge in [0.05, 0.1) is 0 Å². The van der Waals surface area contributed by atoms with E-state index in [0.29, 0.717) is 6.42 Å². The number of unbranched alkanes of at least 4 members (excludes halogenated alkanes) is 2. The normalized spacial score (nSPS) is 11.2. The van der Waals surface area contributed by atoms with Crippen molar-refractivity contribution in [1.29, 1.82) is 0 Å². The molecule has 2 heterocycles. The Labute approximate surface area is 151 Å². The minimum absolute atomic E-state index is 0.0695. The third-order valence-corrected chi connectivity index (χ3v) is 5.09. The van der Waals surface area contributed by atoms with Gasteiger partial charge in [-0.25, -0.2) is 0 Å². The van der Waals surface area contributed by atoms with E-state index in [9.17, 15) is 4.79 Å². The van der Waals surface area contributed by atoms with Gasteiger partial charge in [-0.05, 0) is 25.0 Å². The summed E-state index contributed by atoms with van der Waals surface area (Å²) >= 11 is 1.50. The molecule has 132 valence electrons. The zero-order valence-corrected chi connectivity index (χ0v) is 15.7. The number of aryl methyl sites for hydroxylation is 2. The lowest BCUT2D eigenvalue weighted by Crippen LogP contribution is -2.12. The number of aromatic nitrogens is 4. The van der Waals surface area contributed by atoms with Crippen molar-refractivity contribution in [3.05, 3.63) is 29.6 Å². The Bertz CT molecular complexity index is 883. The van der Waals surface area contributed by atoms with Crippen molar-refractivity contribution in [1.82, 2.24) is 19.8 Å². The highest BCUT2D eigenvalue weighted by Gasteiger charge is 2.13. The Balaban J connectivity index is 1.82. The Morgan fingerprint density at radius 3 is 2.84 bits per heavy atom. The van der Waals surface area contributed by atoms with Crippen molar-refractivity contribution in [3.8, 4) is 10.6 Å². The van der Waals surface area contributed by atoms with E-state index in [1.54, 1.807) is 4.52 Å². The maximum absolute atomic E-state index is 12.1. The molecule has 0 fully saturated rings. The van der Waals surface area contributed by atoms with Crippen LogP contribution in [0.1, 0.15) is 50.9 Å². The highest BCUT2D eigenvalue weighted by atomic mass is 32.1. The number of anilines is 1. The number of nitrogens with zero attached hydrogens (tertiary/aromatic N) is 4. The number of carbonyl (C=O) groups excluding carboxylic acids is 1. The number of benzene rings is 1. The largest absolute Gasteiger partial charge is 0.326 e. The summed E-state index contributed by atoms with van der Waals surface area (Å²) in [6.07, 6.45) is 4.48. The predicted molar refractivity (Wildman–Crippen MR) is 101 cm³/mol. The van der Waals surface area contributed by atoms with E-state index < -0.39 is 0 Å². The van der Waals surface area contributed by atoms with Gasteiger partial charge in [-0.1, -0.05) is 50.2 Å². The quantitative estimate of drug-likeness (QED) is 0.642. The lowest BCUT2D eigenvalue weighted by molar-refractivity contribution is -0.116. The smallest absolute Gasteiger partial charge is 0.234 e. The first-order valence-electron chi connectivity index (χ1n) is 8.74. The molecule has 3 aromatic rings. The van der Waals surface area contributed by atoms with Crippen molar-refractivity contribution in [2.45, 2.75) is 52.9 Å². The monoisotopic (exact) mass is 357 g/mol. The average Bonchev–Trinajstić information content (AvgIpc) is 3.17. The number of fused-ring (bicyclic) bond motifs is 1. The molecule has 7 heteroatoms. The molecule has 0 unspecified atom stereocenters. The highest BCUT2D eigenvalue weighted by Crippen LogP contribution is 2.29. The van der Waals surface area contributed by atoms with Crippen molar-refractivity contribution in [3.63, 3.8) is 0 Å². The van der Waals surface area contributed by atoms with Gasteiger partial charge in [-0.15, -0.1) is 10.2 Å². The van der Waals surface area contributed by atoms with Gasteiger partial charge in [0, 0.05) is 24.1 Å². The third kappa shape index (κ3) is 3.87. The fraction of sp³-hybridized carbons (Fsp3) is 0.444. The van der Waals surface area contributed by atoms with Gasteiger partial charge in [-0.2, -0.15) is 9.61 Å². The van der Waals surface area contributed by atoms with Crippen LogP contribution in [-0.2, 0) is 11.2 Å². The van der Waals surface area contributed by atoms with Gasteiger partial charge in [0.15, 0.2) is 5.82 Å². The van der Waals surface area contributed by atoms with E-state index in [1.807, 2.05) is 32.0 Å². The lowest BCUT2D eigenvalue weighted by atomic mass is 10.1. The Hall–Kier alpha value is -2.28. The highest BCUT2D eigenvalue weighted by molar-refractivity contribution is 7.19. The molecular weight excluding hydrogens is 334 g/mol. The number of amides is 1. The van der Waals surface area contributed by atoms with E-state index in [0.717, 1.165) is 58.3 Å². The second-order valence-electron chi connectivity index (χ2n) is 6.11. The van der Waals surface area contributed by atoms with E-state index in [2.05, 4.69) is 27.5 Å². The summed E-state index contributed by atoms with van der Waals surface area (Å²) in [5, 5.41) is 16.8. The molecule has 6 nitrogen and oxygen atoms in total. The molecule has 1 N–H and O–H groups in total. The van der Waals surface area contributed by atoms with Crippen LogP contribution in [0.4, 0.5) is 5.69 Å². The Kier molecular flexibility index (Phi) is 5.43. The molecule has 3 rings (SSSR count). The van der Waals surface area contributed by atoms with Crippen molar-refractivity contribution in [2.75, 3.05) is 5.32 Å². The van der Waals surface area contributed by atoms with Crippen molar-refractivity contribution < 1.29 is 4.79 Å². The summed E-state index contributed by atoms with van der Waals surface area (Å²) in [5.41, 5.74) is 2.87. The number of hydrogen-bond acceptors (Lipinski definition) is 5. The topological polar surface area (TPSA) is 72.2 Å². The summed E-state index contributed by atoms with van der Waals surface area (Å²) in [6.45, 7) is 6.17. The molecule has 0 radical (unpaired) electrons. The Morgan fingerprint density at radius 1 is 1.24 bits per heavy atom. The molecule has 1 amide bonds. The van der Waals surface area contributed by atoms with Crippen LogP contribution in [0.3, 0.4) is 0 Å². The van der Waals surface area contributed by atoms with E-state index >= 15 is 0 Å². The molecular formula is C18H23N5OS. The number of rotatable bonds is 7. The van der Waals surface area contributed by atoms with Gasteiger partial charge in [0.1, 0.15) is 5.01 Å². The SMILES string of the molecule is CCCCCC(=O)Nc1cc(-c2nn3c(CC)nnc3s2)ccc1C. The summed E-state index contributed by atoms with van der Waals surface area (Å²) in [4.78, 5) is 12.9. The number of carbonyl (C=O) groups is 1. The first-order chi connectivity index (χ1) is 12.1. The molecule has 0 aliphatic rings. The molecule has 0 atom stereocenters. The summed E-state index contributed by atoms with van der Waals surface area (Å²) in [6, 6.07) is 6.03. The second-order valence-corrected chi connectivity index (χ2v) is 7.06. The molecule has 0 saturated carbocycles. The lowest BCUT2D eigenvalue weighted by Gasteiger charge is -2.09. The zero-order valence-electron chi connectivity index (χ0n) is 14.9. The van der Waals surface area contributed by atoms with Crippen LogP contribution < -0.4 is 5.32 Å². The standard InChI is InChI=1S/C18H23N5OS/c1-4-6-7-8-16(24)19-14-11-13(10-9-12(14)3)17-22-23-15(5-2)20-21-18(23)25-17/h9-11H,4-8H2,1-3H3,(H,19,24). The van der Waals surface area contributed by atoms with Crippen LogP contribution in [0, 0.1) is 6.92 Å². The van der Waals surface area contributed by atoms with Crippen LogP contribution >= 0.6 is 11.3 Å². The molecule has 1 aromatic carbocycles. The van der Waals surface area contributed by atoms with Crippen molar-refractivity contribution in [2.24, 2.45) is 0 Å². The van der Waals surface area contributed by atoms with Crippen LogP contribution in [0.5, 0.6) is 0 Å². The van der Waals surface area contributed by atoms with Gasteiger partial charge < -0.3 is 5.32 Å². The van der Waals surface area contributed by atoms with E-state index in [1.165, 1.54) is 11.3 Å². The minimum atomic E-state index is 0.0695. The molecule has 25 heavy (non-hydrogen) atoms. The fourth-order valence-corrected chi connectivity index (χ4v) is 3.49. The first-order valence-corrected chi connectivity index (χ1v) is 9.56. The number of hydrogen-bond donors (Lipinski definition) is 1. The van der Waals surface area contributed by atoms with E-state index in [4.69, 9.17) is 0 Å². The average molecular weight is 357 g/mol. The maximum Gasteiger partial charge on any atom is 0.234 e. The number of nitrogens with one attached hydrogen (secondary N) is 1. The zero-order chi connectivity index (χ0) is 17.8. The van der Waals surface area contributed by atoms with Crippen LogP contribution in [0.25, 0.3) is 15.5 Å². The summed E-state index contributed by atoms with van der Waals surface area (Å²) < 4.78 is 1.79. The minimum Gasteiger partial charge on any atom is -0.326 e. The summed E-state index contributed by atoms with van der Waals surface area (Å²) in [7, 11) is 0. The van der Waals surface area contributed by atoms with Crippen LogP contribution in [0.15, 0.2) is 18.2 Å². The first kappa shape index (κ1) is 17.5. The molecule has 0 bridgehead atoms. The molecule has 0 aliphatic carbocycles. The molecule has 0 saturated heterocycles. The molecule has 0 aliphatic heterocycles. The maximum atomic E-state index is 12.1. The molecule has 0 spiro atoms. The Morgan fingerprint density at radius 2 is 2.08 bits per heavy atom. The van der Waals surface area contributed by atoms with E-state index in [-0.39, 0.29) is 5.91 Å². The summed E-state index contributed by atoms with van der Waals surface area (Å²) in [5.74, 6) is 0.925. The molecule has 2 aromatic heterocycles. The van der Waals surface area contributed by atoms with Gasteiger partial charge in [0.2, 0.25) is 10.9 Å².